The summed E-state index contributed by atoms with van der Waals surface area (Å²) in [6.07, 6.45) is 0. The van der Waals surface area contributed by atoms with Crippen LogP contribution in [-0.2, 0) is 5.41 Å². The molecule has 256 valence electrons. The minimum Gasteiger partial charge on any atom is -0.457 e. The van der Waals surface area contributed by atoms with Crippen LogP contribution in [0.3, 0.4) is 0 Å². The first kappa shape index (κ1) is 30.2. The summed E-state index contributed by atoms with van der Waals surface area (Å²) < 4.78 is 9.27. The molecule has 0 saturated carbocycles. The van der Waals surface area contributed by atoms with Gasteiger partial charge in [0.25, 0.3) is 0 Å². The van der Waals surface area contributed by atoms with Gasteiger partial charge in [-0.15, -0.1) is 0 Å². The summed E-state index contributed by atoms with van der Waals surface area (Å²) in [7, 11) is 0. The molecule has 3 heterocycles. The Balaban J connectivity index is 1.25. The summed E-state index contributed by atoms with van der Waals surface area (Å²) in [5.41, 5.74) is 12.5. The minimum absolute atomic E-state index is 0.600. The zero-order valence-electron chi connectivity index (χ0n) is 29.6. The van der Waals surface area contributed by atoms with E-state index in [0.717, 1.165) is 66.9 Å². The SMILES string of the molecule is c1ccc(-c2cc(-c3ccccc3)nc(-n3c4cc5c(cc4c4c6ccccc6ccc43)Oc3ccccc3C53c4ccccc4-c4ccccc43)n2)cc1. The lowest BCUT2D eigenvalue weighted by atomic mass is 9.66. The first-order chi connectivity index (χ1) is 27.3. The first-order valence-electron chi connectivity index (χ1n) is 18.7. The van der Waals surface area contributed by atoms with Gasteiger partial charge in [0.1, 0.15) is 11.5 Å². The van der Waals surface area contributed by atoms with Gasteiger partial charge in [0, 0.05) is 33.0 Å². The Kier molecular flexibility index (Phi) is 6.23. The molecule has 1 aliphatic carbocycles. The van der Waals surface area contributed by atoms with Crippen molar-refractivity contribution in [2.75, 3.05) is 0 Å². The number of hydrogen-bond acceptors (Lipinski definition) is 3. The Labute approximate surface area is 317 Å². The van der Waals surface area contributed by atoms with Crippen molar-refractivity contribution >= 4 is 32.6 Å². The van der Waals surface area contributed by atoms with Crippen LogP contribution in [0.15, 0.2) is 188 Å². The molecule has 0 saturated heterocycles. The second-order valence-electron chi connectivity index (χ2n) is 14.5. The lowest BCUT2D eigenvalue weighted by Gasteiger charge is -2.39. The number of hydrogen-bond donors (Lipinski definition) is 0. The third-order valence-electron chi connectivity index (χ3n) is 11.7. The average Bonchev–Trinajstić information content (AvgIpc) is 3.74. The number of rotatable bonds is 3. The van der Waals surface area contributed by atoms with Gasteiger partial charge in [0.05, 0.1) is 27.8 Å². The van der Waals surface area contributed by atoms with E-state index in [1.807, 2.05) is 12.1 Å². The fourth-order valence-electron chi connectivity index (χ4n) is 9.40. The topological polar surface area (TPSA) is 39.9 Å². The van der Waals surface area contributed by atoms with Crippen LogP contribution in [-0.4, -0.2) is 14.5 Å². The van der Waals surface area contributed by atoms with Crippen molar-refractivity contribution < 1.29 is 4.74 Å². The van der Waals surface area contributed by atoms with Crippen LogP contribution in [0.1, 0.15) is 22.3 Å². The molecule has 0 N–H and O–H groups in total. The zero-order valence-corrected chi connectivity index (χ0v) is 29.6. The van der Waals surface area contributed by atoms with E-state index in [9.17, 15) is 0 Å². The molecule has 0 atom stereocenters. The number of aromatic nitrogens is 3. The summed E-state index contributed by atoms with van der Waals surface area (Å²) >= 11 is 0. The maximum absolute atomic E-state index is 6.99. The normalized spacial score (nSPS) is 13.4. The van der Waals surface area contributed by atoms with Crippen LogP contribution < -0.4 is 4.74 Å². The highest BCUT2D eigenvalue weighted by atomic mass is 16.5. The molecular formula is C51H31N3O. The first-order valence-corrected chi connectivity index (χ1v) is 18.7. The highest BCUT2D eigenvalue weighted by Crippen LogP contribution is 2.62. The van der Waals surface area contributed by atoms with Gasteiger partial charge in [-0.05, 0) is 63.4 Å². The quantitative estimate of drug-likeness (QED) is 0.184. The Morgan fingerprint density at radius 1 is 0.418 bits per heavy atom. The second kappa shape index (κ2) is 11.3. The smallest absolute Gasteiger partial charge is 0.235 e. The Morgan fingerprint density at radius 2 is 1.00 bits per heavy atom. The molecule has 10 aromatic rings. The molecule has 8 aromatic carbocycles. The summed E-state index contributed by atoms with van der Waals surface area (Å²) in [5.74, 6) is 2.35. The molecule has 2 aromatic heterocycles. The van der Waals surface area contributed by atoms with Crippen molar-refractivity contribution in [3.8, 4) is 51.1 Å². The van der Waals surface area contributed by atoms with Gasteiger partial charge < -0.3 is 4.74 Å². The summed E-state index contributed by atoms with van der Waals surface area (Å²) in [6.45, 7) is 0. The van der Waals surface area contributed by atoms with E-state index in [1.165, 1.54) is 33.0 Å². The van der Waals surface area contributed by atoms with Gasteiger partial charge >= 0.3 is 0 Å². The molecule has 0 amide bonds. The number of benzene rings is 8. The fourth-order valence-corrected chi connectivity index (χ4v) is 9.40. The van der Waals surface area contributed by atoms with E-state index in [4.69, 9.17) is 14.7 Å². The Hall–Kier alpha value is -7.30. The molecular weight excluding hydrogens is 671 g/mol. The van der Waals surface area contributed by atoms with Crippen LogP contribution >= 0.6 is 0 Å². The number of para-hydroxylation sites is 1. The van der Waals surface area contributed by atoms with E-state index in [1.54, 1.807) is 0 Å². The van der Waals surface area contributed by atoms with Crippen LogP contribution in [0.2, 0.25) is 0 Å². The van der Waals surface area contributed by atoms with Crippen molar-refractivity contribution in [3.63, 3.8) is 0 Å². The third-order valence-corrected chi connectivity index (χ3v) is 11.7. The van der Waals surface area contributed by atoms with Crippen molar-refractivity contribution in [3.05, 3.63) is 210 Å². The van der Waals surface area contributed by atoms with Crippen molar-refractivity contribution in [2.24, 2.45) is 0 Å². The summed E-state index contributed by atoms with van der Waals surface area (Å²) in [6, 6.07) is 66.9. The maximum Gasteiger partial charge on any atom is 0.235 e. The van der Waals surface area contributed by atoms with Gasteiger partial charge in [-0.1, -0.05) is 158 Å². The van der Waals surface area contributed by atoms with Crippen LogP contribution in [0, 0.1) is 0 Å². The van der Waals surface area contributed by atoms with E-state index < -0.39 is 5.41 Å². The number of fused-ring (bicyclic) bond motifs is 14. The van der Waals surface area contributed by atoms with Crippen LogP contribution in [0.5, 0.6) is 11.5 Å². The lowest BCUT2D eigenvalue weighted by molar-refractivity contribution is 0.437. The largest absolute Gasteiger partial charge is 0.457 e. The molecule has 2 aliphatic rings. The minimum atomic E-state index is -0.600. The van der Waals surface area contributed by atoms with Crippen LogP contribution in [0.25, 0.3) is 72.2 Å². The molecule has 0 radical (unpaired) electrons. The highest BCUT2D eigenvalue weighted by Gasteiger charge is 2.51. The Bertz CT molecular complexity index is 3080. The van der Waals surface area contributed by atoms with Crippen molar-refractivity contribution in [1.29, 1.82) is 0 Å². The molecule has 4 heteroatoms. The van der Waals surface area contributed by atoms with Gasteiger partial charge in [0.2, 0.25) is 5.95 Å². The number of nitrogens with zero attached hydrogens (tertiary/aromatic N) is 3. The molecule has 0 unspecified atom stereocenters. The summed E-state index contributed by atoms with van der Waals surface area (Å²) in [5, 5.41) is 4.59. The predicted octanol–water partition coefficient (Wildman–Crippen LogP) is 12.5. The standard InChI is InChI=1S/C51H31N3O/c1-3-16-33(17-4-1)43-31-44(34-18-5-2-6-19-34)53-50(52-43)54-45-28-27-32-15-7-8-20-35(32)49(45)38-29-48-42(30-46(38)54)51(41-25-13-14-26-47(41)55-48)39-23-11-9-21-36(39)37-22-10-12-24-40(37)51/h1-31H. The van der Waals surface area contributed by atoms with Crippen molar-refractivity contribution in [1.82, 2.24) is 14.5 Å². The lowest BCUT2D eigenvalue weighted by Crippen LogP contribution is -2.32. The summed E-state index contributed by atoms with van der Waals surface area (Å²) in [4.78, 5) is 10.8. The van der Waals surface area contributed by atoms with E-state index >= 15 is 0 Å². The van der Waals surface area contributed by atoms with Gasteiger partial charge in [-0.2, -0.15) is 0 Å². The second-order valence-corrected chi connectivity index (χ2v) is 14.5. The number of ether oxygens (including phenoxy) is 1. The van der Waals surface area contributed by atoms with Gasteiger partial charge in [-0.3, -0.25) is 4.57 Å². The van der Waals surface area contributed by atoms with E-state index in [0.29, 0.717) is 5.95 Å². The molecule has 55 heavy (non-hydrogen) atoms. The maximum atomic E-state index is 6.99. The zero-order chi connectivity index (χ0) is 36.1. The van der Waals surface area contributed by atoms with Gasteiger partial charge in [-0.25, -0.2) is 9.97 Å². The predicted molar refractivity (Wildman–Crippen MR) is 222 cm³/mol. The van der Waals surface area contributed by atoms with E-state index in [-0.39, 0.29) is 0 Å². The fraction of sp³-hybridized carbons (Fsp3) is 0.0196. The molecule has 1 aliphatic heterocycles. The average molecular weight is 702 g/mol. The Morgan fingerprint density at radius 3 is 1.69 bits per heavy atom. The van der Waals surface area contributed by atoms with Crippen LogP contribution in [0.4, 0.5) is 0 Å². The third kappa shape index (κ3) is 4.16. The van der Waals surface area contributed by atoms with E-state index in [2.05, 4.69) is 180 Å². The van der Waals surface area contributed by atoms with Crippen molar-refractivity contribution in [2.45, 2.75) is 5.41 Å². The monoisotopic (exact) mass is 701 g/mol. The molecule has 0 fully saturated rings. The highest BCUT2D eigenvalue weighted by molar-refractivity contribution is 6.21. The molecule has 1 spiro atoms. The molecule has 4 nitrogen and oxygen atoms in total. The molecule has 0 bridgehead atoms. The molecule has 12 rings (SSSR count). The van der Waals surface area contributed by atoms with Gasteiger partial charge in [0.15, 0.2) is 0 Å².